The van der Waals surface area contributed by atoms with Crippen molar-refractivity contribution in [2.24, 2.45) is 5.92 Å². The molecule has 0 saturated heterocycles. The number of aliphatic hydroxyl groups excluding tert-OH is 1. The van der Waals surface area contributed by atoms with Crippen molar-refractivity contribution in [2.75, 3.05) is 6.61 Å². The van der Waals surface area contributed by atoms with Crippen molar-refractivity contribution < 1.29 is 9.84 Å². The second-order valence-corrected chi connectivity index (χ2v) is 4.82. The number of hydrogen-bond donors (Lipinski definition) is 1. The average Bonchev–Trinajstić information content (AvgIpc) is 2.25. The van der Waals surface area contributed by atoms with E-state index in [0.717, 1.165) is 17.9 Å². The minimum absolute atomic E-state index is 0.432. The van der Waals surface area contributed by atoms with Gasteiger partial charge in [-0.3, -0.25) is 0 Å². The quantitative estimate of drug-likeness (QED) is 0.821. The molecule has 0 aromatic heterocycles. The molecule has 0 fully saturated rings. The van der Waals surface area contributed by atoms with E-state index in [2.05, 4.69) is 27.7 Å². The zero-order chi connectivity index (χ0) is 12.1. The lowest BCUT2D eigenvalue weighted by molar-refractivity contribution is 0.270. The Labute approximate surface area is 98.3 Å². The lowest BCUT2D eigenvalue weighted by Crippen LogP contribution is -2.05. The maximum absolute atomic E-state index is 9.07. The van der Waals surface area contributed by atoms with Gasteiger partial charge in [0.1, 0.15) is 12.4 Å². The Kier molecular flexibility index (Phi) is 4.81. The van der Waals surface area contributed by atoms with Gasteiger partial charge in [0.25, 0.3) is 0 Å². The van der Waals surface area contributed by atoms with Crippen molar-refractivity contribution >= 4 is 0 Å². The molecule has 0 spiro atoms. The van der Waals surface area contributed by atoms with E-state index in [9.17, 15) is 0 Å². The normalized spacial score (nSPS) is 11.2. The first-order valence-corrected chi connectivity index (χ1v) is 5.78. The smallest absolute Gasteiger partial charge is 0.119 e. The lowest BCUT2D eigenvalue weighted by Gasteiger charge is -2.13. The largest absolute Gasteiger partial charge is 0.493 e. The maximum atomic E-state index is 9.07. The van der Waals surface area contributed by atoms with Gasteiger partial charge in [-0.1, -0.05) is 33.8 Å². The van der Waals surface area contributed by atoms with Crippen molar-refractivity contribution in [3.05, 3.63) is 35.9 Å². The molecule has 0 unspecified atom stereocenters. The van der Waals surface area contributed by atoms with Crippen molar-refractivity contribution in [1.29, 1.82) is 0 Å². The third-order valence-corrected chi connectivity index (χ3v) is 2.35. The van der Waals surface area contributed by atoms with Gasteiger partial charge < -0.3 is 9.84 Å². The molecule has 0 saturated carbocycles. The molecule has 89 valence electrons. The molecule has 0 aliphatic heterocycles. The molecule has 0 bridgehead atoms. The van der Waals surface area contributed by atoms with Crippen molar-refractivity contribution in [1.82, 2.24) is 0 Å². The molecule has 1 N–H and O–H groups in total. The standard InChI is InChI=1S/C14H21O2/c1-10(2)9-16-14-6-12(8-15)5-13(7-14)11(3)4/h5-8,10-11,15H,9H2,1-4H3. The molecule has 0 aliphatic rings. The second-order valence-electron chi connectivity index (χ2n) is 4.82. The van der Waals surface area contributed by atoms with Crippen LogP contribution in [0.3, 0.4) is 0 Å². The Hall–Kier alpha value is -1.02. The van der Waals surface area contributed by atoms with Crippen molar-refractivity contribution in [3.8, 4) is 5.75 Å². The van der Waals surface area contributed by atoms with Gasteiger partial charge in [0.05, 0.1) is 6.61 Å². The van der Waals surface area contributed by atoms with E-state index >= 15 is 0 Å². The SMILES string of the molecule is CC(C)COc1cc([CH]O)cc(C(C)C)c1. The summed E-state index contributed by atoms with van der Waals surface area (Å²) in [5.41, 5.74) is 1.98. The summed E-state index contributed by atoms with van der Waals surface area (Å²) in [6.45, 7) is 10.3. The van der Waals surface area contributed by atoms with E-state index < -0.39 is 0 Å². The molecular weight excluding hydrogens is 200 g/mol. The molecule has 1 radical (unpaired) electrons. The molecule has 0 heterocycles. The Morgan fingerprint density at radius 1 is 1.19 bits per heavy atom. The van der Waals surface area contributed by atoms with Crippen LogP contribution in [-0.4, -0.2) is 11.7 Å². The van der Waals surface area contributed by atoms with E-state index in [1.165, 1.54) is 5.56 Å². The topological polar surface area (TPSA) is 29.5 Å². The minimum atomic E-state index is 0.432. The highest BCUT2D eigenvalue weighted by Gasteiger charge is 2.05. The Balaban J connectivity index is 2.86. The molecule has 0 atom stereocenters. The van der Waals surface area contributed by atoms with E-state index in [1.807, 2.05) is 18.2 Å². The van der Waals surface area contributed by atoms with Gasteiger partial charge in [-0.15, -0.1) is 0 Å². The van der Waals surface area contributed by atoms with Crippen molar-refractivity contribution in [3.63, 3.8) is 0 Å². The third kappa shape index (κ3) is 3.86. The van der Waals surface area contributed by atoms with Gasteiger partial charge in [0.15, 0.2) is 0 Å². The van der Waals surface area contributed by atoms with Crippen LogP contribution in [0.2, 0.25) is 0 Å². The fourth-order valence-corrected chi connectivity index (χ4v) is 1.40. The van der Waals surface area contributed by atoms with E-state index in [-0.39, 0.29) is 0 Å². The molecule has 0 amide bonds. The van der Waals surface area contributed by atoms with Crippen LogP contribution >= 0.6 is 0 Å². The van der Waals surface area contributed by atoms with Crippen LogP contribution < -0.4 is 4.74 Å². The van der Waals surface area contributed by atoms with Crippen LogP contribution in [0.1, 0.15) is 44.7 Å². The zero-order valence-electron chi connectivity index (χ0n) is 10.5. The van der Waals surface area contributed by atoms with Gasteiger partial charge in [0, 0.05) is 0 Å². The fraction of sp³-hybridized carbons (Fsp3) is 0.500. The first-order valence-electron chi connectivity index (χ1n) is 5.78. The van der Waals surface area contributed by atoms with Gasteiger partial charge >= 0.3 is 0 Å². The second kappa shape index (κ2) is 5.90. The average molecular weight is 221 g/mol. The molecule has 1 aromatic carbocycles. The molecule has 1 aromatic rings. The highest BCUT2D eigenvalue weighted by atomic mass is 16.5. The van der Waals surface area contributed by atoms with Crippen molar-refractivity contribution in [2.45, 2.75) is 33.6 Å². The first kappa shape index (κ1) is 13.0. The summed E-state index contributed by atoms with van der Waals surface area (Å²) in [4.78, 5) is 0. The van der Waals surface area contributed by atoms with Crippen LogP contribution in [0, 0.1) is 12.5 Å². The maximum Gasteiger partial charge on any atom is 0.119 e. The van der Waals surface area contributed by atoms with Crippen LogP contribution in [0.5, 0.6) is 5.75 Å². The summed E-state index contributed by atoms with van der Waals surface area (Å²) in [5, 5.41) is 9.07. The minimum Gasteiger partial charge on any atom is -0.493 e. The van der Waals surface area contributed by atoms with Gasteiger partial charge in [0.2, 0.25) is 0 Å². The predicted molar refractivity (Wildman–Crippen MR) is 66.2 cm³/mol. The Morgan fingerprint density at radius 2 is 1.88 bits per heavy atom. The molecule has 16 heavy (non-hydrogen) atoms. The summed E-state index contributed by atoms with van der Waals surface area (Å²) in [5.74, 6) is 1.77. The van der Waals surface area contributed by atoms with Gasteiger partial charge in [-0.25, -0.2) is 0 Å². The third-order valence-electron chi connectivity index (χ3n) is 2.35. The number of rotatable bonds is 5. The van der Waals surface area contributed by atoms with E-state index in [1.54, 1.807) is 0 Å². The van der Waals surface area contributed by atoms with Crippen LogP contribution in [0.25, 0.3) is 0 Å². The Morgan fingerprint density at radius 3 is 2.38 bits per heavy atom. The Bertz CT molecular complexity index is 330. The molecule has 1 rings (SSSR count). The summed E-state index contributed by atoms with van der Waals surface area (Å²) >= 11 is 0. The number of benzene rings is 1. The highest BCUT2D eigenvalue weighted by Crippen LogP contribution is 2.24. The summed E-state index contributed by atoms with van der Waals surface area (Å²) in [7, 11) is 0. The lowest BCUT2D eigenvalue weighted by atomic mass is 10.0. The van der Waals surface area contributed by atoms with E-state index in [4.69, 9.17) is 9.84 Å². The van der Waals surface area contributed by atoms with Crippen LogP contribution in [0.15, 0.2) is 18.2 Å². The molecule has 2 nitrogen and oxygen atoms in total. The summed E-state index contributed by atoms with van der Waals surface area (Å²) < 4.78 is 5.67. The molecule has 0 aliphatic carbocycles. The number of hydrogen-bond acceptors (Lipinski definition) is 2. The number of ether oxygens (including phenoxy) is 1. The monoisotopic (exact) mass is 221 g/mol. The van der Waals surface area contributed by atoms with Crippen LogP contribution in [-0.2, 0) is 0 Å². The summed E-state index contributed by atoms with van der Waals surface area (Å²) in [6.07, 6.45) is 0. The highest BCUT2D eigenvalue weighted by molar-refractivity contribution is 5.38. The predicted octanol–water partition coefficient (Wildman–Crippen LogP) is 3.73. The summed E-state index contributed by atoms with van der Waals surface area (Å²) in [6, 6.07) is 5.88. The van der Waals surface area contributed by atoms with Crippen LogP contribution in [0.4, 0.5) is 0 Å². The zero-order valence-corrected chi connectivity index (χ0v) is 10.5. The first-order chi connectivity index (χ1) is 7.52. The molecular formula is C14H21O2. The molecule has 2 heteroatoms. The number of aliphatic hydroxyl groups is 1. The van der Waals surface area contributed by atoms with Gasteiger partial charge in [-0.2, -0.15) is 0 Å². The van der Waals surface area contributed by atoms with E-state index in [0.29, 0.717) is 18.4 Å². The fourth-order valence-electron chi connectivity index (χ4n) is 1.40. The van der Waals surface area contributed by atoms with Gasteiger partial charge in [-0.05, 0) is 35.1 Å².